The van der Waals surface area contributed by atoms with Crippen molar-refractivity contribution in [1.82, 2.24) is 9.88 Å². The second kappa shape index (κ2) is 10.6. The predicted molar refractivity (Wildman–Crippen MR) is 192 cm³/mol. The second-order valence-electron chi connectivity index (χ2n) is 13.1. The van der Waals surface area contributed by atoms with Crippen LogP contribution in [0.1, 0.15) is 36.2 Å². The molecule has 3 heterocycles. The number of hydrogen-bond acceptors (Lipinski definition) is 3. The summed E-state index contributed by atoms with van der Waals surface area (Å²) in [5, 5.41) is 4.72. The number of rotatable bonds is 3. The highest BCUT2D eigenvalue weighted by Crippen LogP contribution is 2.49. The van der Waals surface area contributed by atoms with Crippen LogP contribution in [0, 0.1) is 6.92 Å². The van der Waals surface area contributed by atoms with Gasteiger partial charge in [-0.3, -0.25) is 4.99 Å². The Morgan fingerprint density at radius 2 is 1.67 bits per heavy atom. The molecule has 2 aliphatic heterocycles. The van der Waals surface area contributed by atoms with Crippen LogP contribution >= 0.6 is 0 Å². The lowest BCUT2D eigenvalue weighted by Crippen LogP contribution is -2.32. The van der Waals surface area contributed by atoms with Gasteiger partial charge in [0.25, 0.3) is 0 Å². The Balaban J connectivity index is 1.24. The minimum Gasteiger partial charge on any atom is -0.464 e. The minimum atomic E-state index is -0.00772. The lowest BCUT2D eigenvalue weighted by Gasteiger charge is -2.21. The van der Waals surface area contributed by atoms with Gasteiger partial charge in [0.1, 0.15) is 11.6 Å². The molecule has 2 atom stereocenters. The van der Waals surface area contributed by atoms with Crippen molar-refractivity contribution in [2.75, 3.05) is 0 Å². The number of fused-ring (bicyclic) bond motifs is 5. The summed E-state index contributed by atoms with van der Waals surface area (Å²) in [6, 6.07) is 22.9. The van der Waals surface area contributed by atoms with Crippen LogP contribution in [0.25, 0.3) is 39.2 Å². The molecular formula is C42H37N3O. The molecule has 0 saturated carbocycles. The van der Waals surface area contributed by atoms with Crippen LogP contribution in [0.3, 0.4) is 0 Å². The number of ether oxygens (including phenoxy) is 1. The molecule has 0 bridgehead atoms. The van der Waals surface area contributed by atoms with E-state index in [0.717, 1.165) is 22.5 Å². The standard InChI is InChI=1S/C42H37N3O/c1-26-12-10-11-21-46-40(25-41-43-37-15-8-9-16-38(37)44-41)31(26)24-32-27(2)45(5)39-20-18-29(23-34(32)39)28-17-19-36-33(22-28)30-13-6-7-14-35(30)42(36,3)4/h6-25,37-38H,1H2,2-5H3,(H,43,44)/b12-10-,21-11-,31-24-,40-25?. The van der Waals surface area contributed by atoms with Crippen molar-refractivity contribution in [2.45, 2.75) is 38.3 Å². The zero-order chi connectivity index (χ0) is 31.6. The third-order valence-electron chi connectivity index (χ3n) is 10.0. The smallest absolute Gasteiger partial charge is 0.138 e. The van der Waals surface area contributed by atoms with Crippen molar-refractivity contribution in [2.24, 2.45) is 12.0 Å². The van der Waals surface area contributed by atoms with Crippen molar-refractivity contribution in [3.8, 4) is 22.3 Å². The van der Waals surface area contributed by atoms with Gasteiger partial charge in [-0.05, 0) is 76.2 Å². The van der Waals surface area contributed by atoms with Crippen molar-refractivity contribution >= 4 is 22.8 Å². The first kappa shape index (κ1) is 28.1. The van der Waals surface area contributed by atoms with Gasteiger partial charge in [-0.2, -0.15) is 0 Å². The largest absolute Gasteiger partial charge is 0.464 e. The fourth-order valence-electron chi connectivity index (χ4n) is 7.35. The van der Waals surface area contributed by atoms with Crippen LogP contribution in [0.4, 0.5) is 0 Å². The van der Waals surface area contributed by atoms with E-state index in [-0.39, 0.29) is 17.5 Å². The number of aliphatic imine (C=N–C) groups is 1. The van der Waals surface area contributed by atoms with E-state index in [0.29, 0.717) is 5.76 Å². The van der Waals surface area contributed by atoms with Crippen LogP contribution < -0.4 is 5.32 Å². The molecule has 8 rings (SSSR count). The lowest BCUT2D eigenvalue weighted by atomic mass is 9.82. The Bertz CT molecular complexity index is 2180. The fraction of sp³-hybridized carbons (Fsp3) is 0.167. The third kappa shape index (κ3) is 4.47. The minimum absolute atomic E-state index is 0.00772. The lowest BCUT2D eigenvalue weighted by molar-refractivity contribution is 0.363. The molecule has 1 aromatic heterocycles. The Hall–Kier alpha value is -5.35. The molecule has 0 spiro atoms. The summed E-state index contributed by atoms with van der Waals surface area (Å²) in [4.78, 5) is 4.90. The molecule has 0 fully saturated rings. The number of benzene rings is 3. The highest BCUT2D eigenvalue weighted by atomic mass is 16.5. The molecule has 4 nitrogen and oxygen atoms in total. The Labute approximate surface area is 270 Å². The maximum absolute atomic E-state index is 6.23. The van der Waals surface area contributed by atoms with Crippen molar-refractivity contribution < 1.29 is 4.74 Å². The average Bonchev–Trinajstić information content (AvgIpc) is 3.66. The van der Waals surface area contributed by atoms with E-state index >= 15 is 0 Å². The van der Waals surface area contributed by atoms with Crippen LogP contribution in [0.2, 0.25) is 0 Å². The Morgan fingerprint density at radius 3 is 2.54 bits per heavy atom. The second-order valence-corrected chi connectivity index (χ2v) is 13.1. The van der Waals surface area contributed by atoms with Gasteiger partial charge in [-0.1, -0.05) is 99.3 Å². The van der Waals surface area contributed by atoms with E-state index in [1.807, 2.05) is 24.3 Å². The van der Waals surface area contributed by atoms with Gasteiger partial charge in [0.05, 0.1) is 18.3 Å². The number of aryl methyl sites for hydroxylation is 1. The normalized spacial score (nSPS) is 23.7. The van der Waals surface area contributed by atoms with Gasteiger partial charge < -0.3 is 14.6 Å². The van der Waals surface area contributed by atoms with E-state index in [4.69, 9.17) is 9.73 Å². The van der Waals surface area contributed by atoms with Crippen LogP contribution in [-0.4, -0.2) is 22.5 Å². The van der Waals surface area contributed by atoms with Crippen molar-refractivity contribution in [3.63, 3.8) is 0 Å². The van der Waals surface area contributed by atoms with Gasteiger partial charge in [-0.15, -0.1) is 0 Å². The maximum atomic E-state index is 6.23. The topological polar surface area (TPSA) is 38.5 Å². The van der Waals surface area contributed by atoms with Crippen LogP contribution in [0.5, 0.6) is 0 Å². The van der Waals surface area contributed by atoms with E-state index in [2.05, 4.69) is 135 Å². The van der Waals surface area contributed by atoms with Gasteiger partial charge in [0.2, 0.25) is 0 Å². The Kier molecular flexibility index (Phi) is 6.50. The van der Waals surface area contributed by atoms with Gasteiger partial charge in [0, 0.05) is 46.3 Å². The predicted octanol–water partition coefficient (Wildman–Crippen LogP) is 9.25. The molecule has 4 aliphatic rings. The molecule has 0 radical (unpaired) electrons. The number of amidine groups is 1. The number of hydrogen-bond donors (Lipinski definition) is 1. The molecule has 1 N–H and O–H groups in total. The number of aromatic nitrogens is 1. The maximum Gasteiger partial charge on any atom is 0.138 e. The fourth-order valence-corrected chi connectivity index (χ4v) is 7.35. The van der Waals surface area contributed by atoms with Crippen LogP contribution in [-0.2, 0) is 17.2 Å². The quantitative estimate of drug-likeness (QED) is 0.255. The summed E-state index contributed by atoms with van der Waals surface area (Å²) < 4.78 is 8.50. The summed E-state index contributed by atoms with van der Waals surface area (Å²) in [6.07, 6.45) is 20.2. The molecule has 226 valence electrons. The average molecular weight is 600 g/mol. The summed E-state index contributed by atoms with van der Waals surface area (Å²) >= 11 is 0. The van der Waals surface area contributed by atoms with E-state index in [1.54, 1.807) is 6.26 Å². The molecule has 0 amide bonds. The number of nitrogens with one attached hydrogen (secondary N) is 1. The summed E-state index contributed by atoms with van der Waals surface area (Å²) in [7, 11) is 2.14. The van der Waals surface area contributed by atoms with Crippen molar-refractivity contribution in [3.05, 3.63) is 161 Å². The third-order valence-corrected chi connectivity index (χ3v) is 10.0. The summed E-state index contributed by atoms with van der Waals surface area (Å²) in [5.41, 5.74) is 13.2. The summed E-state index contributed by atoms with van der Waals surface area (Å²) in [6.45, 7) is 11.3. The molecule has 3 aromatic carbocycles. The molecule has 46 heavy (non-hydrogen) atoms. The van der Waals surface area contributed by atoms with Gasteiger partial charge >= 0.3 is 0 Å². The number of nitrogens with zero attached hydrogens (tertiary/aromatic N) is 2. The van der Waals surface area contributed by atoms with E-state index in [1.165, 1.54) is 50.0 Å². The SMILES string of the molecule is C=C1/C=C\C=C/OC(=CC2=NC3C=CC=CC3N2)/C1=C\c1c(C)n(C)c2ccc(-c3ccc4c(c3)-c3ccccc3C4(C)C)cc12. The first-order chi connectivity index (χ1) is 22.3. The van der Waals surface area contributed by atoms with Crippen LogP contribution in [0.15, 0.2) is 144 Å². The Morgan fingerprint density at radius 1 is 0.891 bits per heavy atom. The zero-order valence-electron chi connectivity index (χ0n) is 26.7. The molecule has 2 aliphatic carbocycles. The number of allylic oxidation sites excluding steroid dienone is 6. The molecule has 0 saturated heterocycles. The van der Waals surface area contributed by atoms with Gasteiger partial charge in [0.15, 0.2) is 0 Å². The molecule has 2 unspecified atom stereocenters. The van der Waals surface area contributed by atoms with E-state index < -0.39 is 0 Å². The van der Waals surface area contributed by atoms with Crippen molar-refractivity contribution in [1.29, 1.82) is 0 Å². The summed E-state index contributed by atoms with van der Waals surface area (Å²) in [5.74, 6) is 1.51. The molecule has 4 heteroatoms. The first-order valence-corrected chi connectivity index (χ1v) is 16.0. The zero-order valence-corrected chi connectivity index (χ0v) is 26.7. The molecule has 4 aromatic rings. The first-order valence-electron chi connectivity index (χ1n) is 16.0. The molecular weight excluding hydrogens is 562 g/mol. The van der Waals surface area contributed by atoms with E-state index in [9.17, 15) is 0 Å². The van der Waals surface area contributed by atoms with Gasteiger partial charge in [-0.25, -0.2) is 0 Å². The highest BCUT2D eigenvalue weighted by molar-refractivity contribution is 5.99. The highest BCUT2D eigenvalue weighted by Gasteiger charge is 2.35. The monoisotopic (exact) mass is 599 g/mol.